The van der Waals surface area contributed by atoms with Gasteiger partial charge in [0.05, 0.1) is 0 Å². The molecule has 0 aliphatic carbocycles. The van der Waals surface area contributed by atoms with Crippen LogP contribution in [0.4, 0.5) is 11.4 Å². The van der Waals surface area contributed by atoms with E-state index in [0.717, 1.165) is 29.9 Å². The van der Waals surface area contributed by atoms with E-state index in [1.54, 1.807) is 6.92 Å². The molecule has 0 amide bonds. The number of benzene rings is 2. The van der Waals surface area contributed by atoms with Gasteiger partial charge in [-0.15, -0.1) is 0 Å². The molecule has 0 aromatic heterocycles. The molecule has 0 aliphatic rings. The first kappa shape index (κ1) is 16.1. The quantitative estimate of drug-likeness (QED) is 0.808. The van der Waals surface area contributed by atoms with Crippen LogP contribution in [0.25, 0.3) is 0 Å². The molecule has 0 saturated carbocycles. The predicted octanol–water partition coefficient (Wildman–Crippen LogP) is 4.27. The van der Waals surface area contributed by atoms with Crippen molar-refractivity contribution in [2.24, 2.45) is 0 Å². The lowest BCUT2D eigenvalue weighted by molar-refractivity contribution is 0.101. The minimum atomic E-state index is 0.0993. The van der Waals surface area contributed by atoms with Gasteiger partial charge in [-0.2, -0.15) is 0 Å². The molecule has 0 fully saturated rings. The SMILES string of the molecule is CCN(Cc1cc(C(C)=O)ccc1NC)c1ccc(C)cc1. The first-order valence-electron chi connectivity index (χ1n) is 7.68. The maximum atomic E-state index is 11.6. The zero-order chi connectivity index (χ0) is 16.1. The highest BCUT2D eigenvalue weighted by atomic mass is 16.1. The van der Waals surface area contributed by atoms with E-state index >= 15 is 0 Å². The molecular formula is C19H24N2O. The lowest BCUT2D eigenvalue weighted by atomic mass is 10.0. The molecule has 22 heavy (non-hydrogen) atoms. The molecule has 0 bridgehead atoms. The van der Waals surface area contributed by atoms with Crippen molar-refractivity contribution in [1.29, 1.82) is 0 Å². The highest BCUT2D eigenvalue weighted by Crippen LogP contribution is 2.23. The van der Waals surface area contributed by atoms with E-state index in [1.807, 2.05) is 25.2 Å². The molecule has 2 rings (SSSR count). The number of nitrogens with one attached hydrogen (secondary N) is 1. The van der Waals surface area contributed by atoms with Gasteiger partial charge in [0.2, 0.25) is 0 Å². The fourth-order valence-corrected chi connectivity index (χ4v) is 2.53. The Morgan fingerprint density at radius 3 is 2.36 bits per heavy atom. The number of rotatable bonds is 6. The minimum absolute atomic E-state index is 0.0993. The number of anilines is 2. The average molecular weight is 296 g/mol. The van der Waals surface area contributed by atoms with Crippen LogP contribution in [0.2, 0.25) is 0 Å². The van der Waals surface area contributed by atoms with Gasteiger partial charge in [-0.3, -0.25) is 4.79 Å². The summed E-state index contributed by atoms with van der Waals surface area (Å²) >= 11 is 0. The minimum Gasteiger partial charge on any atom is -0.388 e. The summed E-state index contributed by atoms with van der Waals surface area (Å²) < 4.78 is 0. The number of nitrogens with zero attached hydrogens (tertiary/aromatic N) is 1. The normalized spacial score (nSPS) is 10.4. The van der Waals surface area contributed by atoms with Crippen molar-refractivity contribution in [3.05, 3.63) is 59.2 Å². The molecule has 0 spiro atoms. The number of aryl methyl sites for hydroxylation is 1. The summed E-state index contributed by atoms with van der Waals surface area (Å²) in [5.41, 5.74) is 5.42. The number of Topliss-reactive ketones (excluding diaryl/α,β-unsaturated/α-hetero) is 1. The summed E-state index contributed by atoms with van der Waals surface area (Å²) in [4.78, 5) is 13.9. The highest BCUT2D eigenvalue weighted by molar-refractivity contribution is 5.94. The van der Waals surface area contributed by atoms with E-state index in [-0.39, 0.29) is 5.78 Å². The Bertz CT molecular complexity index is 647. The molecule has 0 aliphatic heterocycles. The van der Waals surface area contributed by atoms with E-state index in [4.69, 9.17) is 0 Å². The predicted molar refractivity (Wildman–Crippen MR) is 93.9 cm³/mol. The second-order valence-corrected chi connectivity index (χ2v) is 5.53. The Labute approximate surface area is 133 Å². The largest absolute Gasteiger partial charge is 0.388 e. The van der Waals surface area contributed by atoms with Crippen LogP contribution in [0.1, 0.15) is 35.3 Å². The summed E-state index contributed by atoms with van der Waals surface area (Å²) in [6.45, 7) is 7.53. The molecule has 0 saturated heterocycles. The van der Waals surface area contributed by atoms with Crippen molar-refractivity contribution in [1.82, 2.24) is 0 Å². The van der Waals surface area contributed by atoms with Crippen LogP contribution < -0.4 is 10.2 Å². The zero-order valence-electron chi connectivity index (χ0n) is 13.8. The molecule has 2 aromatic carbocycles. The summed E-state index contributed by atoms with van der Waals surface area (Å²) in [6, 6.07) is 14.4. The molecule has 0 unspecified atom stereocenters. The molecule has 0 heterocycles. The summed E-state index contributed by atoms with van der Waals surface area (Å²) in [7, 11) is 1.91. The Balaban J connectivity index is 2.32. The van der Waals surface area contributed by atoms with Crippen LogP contribution in [0.3, 0.4) is 0 Å². The lowest BCUT2D eigenvalue weighted by Gasteiger charge is -2.25. The molecule has 116 valence electrons. The monoisotopic (exact) mass is 296 g/mol. The number of ketones is 1. The molecule has 3 nitrogen and oxygen atoms in total. The number of hydrogen-bond donors (Lipinski definition) is 1. The smallest absolute Gasteiger partial charge is 0.159 e. The molecule has 0 atom stereocenters. The molecule has 1 N–H and O–H groups in total. The Kier molecular flexibility index (Phi) is 5.21. The molecule has 0 radical (unpaired) electrons. The molecule has 3 heteroatoms. The van der Waals surface area contributed by atoms with Crippen molar-refractivity contribution in [3.63, 3.8) is 0 Å². The van der Waals surface area contributed by atoms with Crippen LogP contribution in [-0.2, 0) is 6.54 Å². The van der Waals surface area contributed by atoms with Gasteiger partial charge in [-0.05, 0) is 56.7 Å². The van der Waals surface area contributed by atoms with Crippen LogP contribution in [0.15, 0.2) is 42.5 Å². The van der Waals surface area contributed by atoms with Crippen molar-refractivity contribution in [3.8, 4) is 0 Å². The van der Waals surface area contributed by atoms with Gasteiger partial charge in [-0.1, -0.05) is 17.7 Å². The second kappa shape index (κ2) is 7.12. The molecule has 2 aromatic rings. The topological polar surface area (TPSA) is 32.3 Å². The van der Waals surface area contributed by atoms with Crippen LogP contribution >= 0.6 is 0 Å². The van der Waals surface area contributed by atoms with Gasteiger partial charge in [0, 0.05) is 37.1 Å². The summed E-state index contributed by atoms with van der Waals surface area (Å²) in [5.74, 6) is 0.0993. The number of carbonyl (C=O) groups is 1. The van der Waals surface area contributed by atoms with Crippen LogP contribution in [0.5, 0.6) is 0 Å². The van der Waals surface area contributed by atoms with Gasteiger partial charge in [0.15, 0.2) is 5.78 Å². The maximum absolute atomic E-state index is 11.6. The Morgan fingerprint density at radius 2 is 1.82 bits per heavy atom. The fraction of sp³-hybridized carbons (Fsp3) is 0.316. The van der Waals surface area contributed by atoms with E-state index in [9.17, 15) is 4.79 Å². The van der Waals surface area contributed by atoms with Gasteiger partial charge in [-0.25, -0.2) is 0 Å². The van der Waals surface area contributed by atoms with Gasteiger partial charge in [0.25, 0.3) is 0 Å². The first-order chi connectivity index (χ1) is 10.5. The standard InChI is InChI=1S/C19H24N2O/c1-5-21(18-9-6-14(2)7-10-18)13-17-12-16(15(3)22)8-11-19(17)20-4/h6-12,20H,5,13H2,1-4H3. The average Bonchev–Trinajstić information content (AvgIpc) is 2.53. The lowest BCUT2D eigenvalue weighted by Crippen LogP contribution is -2.22. The van der Waals surface area contributed by atoms with Crippen molar-refractivity contribution in [2.75, 3.05) is 23.8 Å². The Hall–Kier alpha value is -2.29. The maximum Gasteiger partial charge on any atom is 0.159 e. The van der Waals surface area contributed by atoms with Crippen LogP contribution in [0, 0.1) is 6.92 Å². The van der Waals surface area contributed by atoms with E-state index < -0.39 is 0 Å². The van der Waals surface area contributed by atoms with Crippen LogP contribution in [-0.4, -0.2) is 19.4 Å². The summed E-state index contributed by atoms with van der Waals surface area (Å²) in [6.07, 6.45) is 0. The third-order valence-corrected chi connectivity index (χ3v) is 3.92. The zero-order valence-corrected chi connectivity index (χ0v) is 13.8. The van der Waals surface area contributed by atoms with Crippen molar-refractivity contribution in [2.45, 2.75) is 27.3 Å². The second-order valence-electron chi connectivity index (χ2n) is 5.53. The molecular weight excluding hydrogens is 272 g/mol. The van der Waals surface area contributed by atoms with E-state index in [0.29, 0.717) is 0 Å². The van der Waals surface area contributed by atoms with Gasteiger partial charge in [0.1, 0.15) is 0 Å². The number of hydrogen-bond acceptors (Lipinski definition) is 3. The summed E-state index contributed by atoms with van der Waals surface area (Å²) in [5, 5.41) is 3.21. The van der Waals surface area contributed by atoms with E-state index in [2.05, 4.69) is 48.3 Å². The number of carbonyl (C=O) groups excluding carboxylic acids is 1. The third-order valence-electron chi connectivity index (χ3n) is 3.92. The highest BCUT2D eigenvalue weighted by Gasteiger charge is 2.10. The van der Waals surface area contributed by atoms with Crippen molar-refractivity contribution < 1.29 is 4.79 Å². The Morgan fingerprint density at radius 1 is 1.14 bits per heavy atom. The van der Waals surface area contributed by atoms with Gasteiger partial charge >= 0.3 is 0 Å². The fourth-order valence-electron chi connectivity index (χ4n) is 2.53. The third kappa shape index (κ3) is 3.67. The van der Waals surface area contributed by atoms with Gasteiger partial charge < -0.3 is 10.2 Å². The van der Waals surface area contributed by atoms with E-state index in [1.165, 1.54) is 11.3 Å². The van der Waals surface area contributed by atoms with Crippen molar-refractivity contribution >= 4 is 17.2 Å². The first-order valence-corrected chi connectivity index (χ1v) is 7.68.